The number of hydrogen-bond acceptors (Lipinski definition) is 2. The van der Waals surface area contributed by atoms with Crippen molar-refractivity contribution in [2.24, 2.45) is 11.7 Å². The molecule has 3 heteroatoms. The van der Waals surface area contributed by atoms with Crippen LogP contribution in [0.2, 0.25) is 0 Å². The molecule has 2 unspecified atom stereocenters. The number of nitrogens with one attached hydrogen (secondary N) is 1. The summed E-state index contributed by atoms with van der Waals surface area (Å²) in [6.07, 6.45) is 10.1. The summed E-state index contributed by atoms with van der Waals surface area (Å²) in [6, 6.07) is 6.32. The fraction of sp³-hybridized carbons (Fsp3) is 0.611. The minimum Gasteiger partial charge on any atom is -0.327 e. The summed E-state index contributed by atoms with van der Waals surface area (Å²) in [4.78, 5) is 12.6. The number of anilines is 1. The van der Waals surface area contributed by atoms with E-state index in [1.165, 1.54) is 30.4 Å². The standard InChI is InChI=1S/C18H26N2O/c19-16-11-3-1-2-10-15(16)18(21)20-17-12-6-8-13-7-4-5-9-14(13)17/h6,8,12,15-16H,1-5,7,9-11,19H2,(H,20,21). The molecule has 2 aliphatic carbocycles. The lowest BCUT2D eigenvalue weighted by molar-refractivity contribution is -0.120. The molecule has 0 aromatic heterocycles. The molecule has 2 atom stereocenters. The van der Waals surface area contributed by atoms with Crippen LogP contribution in [0.5, 0.6) is 0 Å². The Morgan fingerprint density at radius 2 is 1.86 bits per heavy atom. The summed E-state index contributed by atoms with van der Waals surface area (Å²) in [6.45, 7) is 0. The molecule has 1 aromatic rings. The van der Waals surface area contributed by atoms with Crippen molar-refractivity contribution in [3.05, 3.63) is 29.3 Å². The second kappa shape index (κ2) is 6.61. The lowest BCUT2D eigenvalue weighted by Crippen LogP contribution is -2.38. The van der Waals surface area contributed by atoms with Crippen molar-refractivity contribution >= 4 is 11.6 Å². The van der Waals surface area contributed by atoms with E-state index in [0.29, 0.717) is 0 Å². The van der Waals surface area contributed by atoms with Crippen molar-refractivity contribution in [1.82, 2.24) is 0 Å². The lowest BCUT2D eigenvalue weighted by atomic mass is 9.89. The van der Waals surface area contributed by atoms with Crippen LogP contribution in [-0.2, 0) is 17.6 Å². The quantitative estimate of drug-likeness (QED) is 0.819. The number of carbonyl (C=O) groups is 1. The Labute approximate surface area is 127 Å². The molecule has 0 aliphatic heterocycles. The predicted octanol–water partition coefficient (Wildman–Crippen LogP) is 3.41. The zero-order valence-electron chi connectivity index (χ0n) is 12.7. The average Bonchev–Trinajstić information content (AvgIpc) is 2.72. The summed E-state index contributed by atoms with van der Waals surface area (Å²) in [5.41, 5.74) is 9.99. The largest absolute Gasteiger partial charge is 0.327 e. The number of benzene rings is 1. The van der Waals surface area contributed by atoms with Crippen LogP contribution in [-0.4, -0.2) is 11.9 Å². The molecule has 1 saturated carbocycles. The van der Waals surface area contributed by atoms with Crippen LogP contribution in [0.3, 0.4) is 0 Å². The SMILES string of the molecule is NC1CCCCCC1C(=O)Nc1cccc2c1CCCC2. The van der Waals surface area contributed by atoms with Gasteiger partial charge in [0, 0.05) is 11.7 Å². The number of amides is 1. The Balaban J connectivity index is 1.75. The van der Waals surface area contributed by atoms with Gasteiger partial charge in [0.2, 0.25) is 5.91 Å². The van der Waals surface area contributed by atoms with Gasteiger partial charge in [0.15, 0.2) is 0 Å². The minimum atomic E-state index is -0.0213. The number of fused-ring (bicyclic) bond motifs is 1. The topological polar surface area (TPSA) is 55.1 Å². The van der Waals surface area contributed by atoms with Crippen molar-refractivity contribution in [2.75, 3.05) is 5.32 Å². The van der Waals surface area contributed by atoms with E-state index in [0.717, 1.165) is 44.2 Å². The number of hydrogen-bond donors (Lipinski definition) is 2. The fourth-order valence-corrected chi connectivity index (χ4v) is 3.79. The zero-order chi connectivity index (χ0) is 14.7. The molecule has 2 aliphatic rings. The highest BCUT2D eigenvalue weighted by molar-refractivity contribution is 5.94. The summed E-state index contributed by atoms with van der Waals surface area (Å²) in [7, 11) is 0. The van der Waals surface area contributed by atoms with E-state index in [1.54, 1.807) is 0 Å². The first kappa shape index (κ1) is 14.6. The number of rotatable bonds is 2. The Kier molecular flexibility index (Phi) is 4.59. The van der Waals surface area contributed by atoms with E-state index in [1.807, 2.05) is 6.07 Å². The average molecular weight is 286 g/mol. The van der Waals surface area contributed by atoms with Crippen LogP contribution < -0.4 is 11.1 Å². The third-order valence-corrected chi connectivity index (χ3v) is 5.06. The summed E-state index contributed by atoms with van der Waals surface area (Å²) >= 11 is 0. The minimum absolute atomic E-state index is 0.0204. The van der Waals surface area contributed by atoms with Crippen LogP contribution in [0.15, 0.2) is 18.2 Å². The Morgan fingerprint density at radius 1 is 1.05 bits per heavy atom. The number of nitrogens with two attached hydrogens (primary N) is 1. The molecule has 1 amide bonds. The van der Waals surface area contributed by atoms with E-state index in [9.17, 15) is 4.79 Å². The second-order valence-electron chi connectivity index (χ2n) is 6.55. The molecule has 0 spiro atoms. The van der Waals surface area contributed by atoms with E-state index < -0.39 is 0 Å². The van der Waals surface area contributed by atoms with Gasteiger partial charge in [0.1, 0.15) is 0 Å². The van der Waals surface area contributed by atoms with Crippen LogP contribution in [0.1, 0.15) is 56.1 Å². The highest BCUT2D eigenvalue weighted by Gasteiger charge is 2.27. The lowest BCUT2D eigenvalue weighted by Gasteiger charge is -2.23. The predicted molar refractivity (Wildman–Crippen MR) is 86.3 cm³/mol. The highest BCUT2D eigenvalue weighted by Crippen LogP contribution is 2.29. The number of carbonyl (C=O) groups excluding carboxylic acids is 1. The molecule has 1 fully saturated rings. The zero-order valence-corrected chi connectivity index (χ0v) is 12.7. The molecule has 0 radical (unpaired) electrons. The van der Waals surface area contributed by atoms with E-state index in [4.69, 9.17) is 5.73 Å². The van der Waals surface area contributed by atoms with E-state index in [-0.39, 0.29) is 17.9 Å². The monoisotopic (exact) mass is 286 g/mol. The Morgan fingerprint density at radius 3 is 2.76 bits per heavy atom. The molecule has 21 heavy (non-hydrogen) atoms. The fourth-order valence-electron chi connectivity index (χ4n) is 3.79. The van der Waals surface area contributed by atoms with Crippen molar-refractivity contribution in [2.45, 2.75) is 63.8 Å². The highest BCUT2D eigenvalue weighted by atomic mass is 16.1. The van der Waals surface area contributed by atoms with Crippen molar-refractivity contribution in [1.29, 1.82) is 0 Å². The molecule has 0 heterocycles. The van der Waals surface area contributed by atoms with Crippen LogP contribution in [0.4, 0.5) is 5.69 Å². The van der Waals surface area contributed by atoms with Gasteiger partial charge in [-0.05, 0) is 55.7 Å². The molecule has 3 rings (SSSR count). The van der Waals surface area contributed by atoms with E-state index in [2.05, 4.69) is 17.4 Å². The third-order valence-electron chi connectivity index (χ3n) is 5.06. The molecule has 114 valence electrons. The van der Waals surface area contributed by atoms with Gasteiger partial charge < -0.3 is 11.1 Å². The normalized spacial score (nSPS) is 25.8. The molecule has 0 bridgehead atoms. The van der Waals surface area contributed by atoms with Gasteiger partial charge in [0.05, 0.1) is 5.92 Å². The van der Waals surface area contributed by atoms with Crippen LogP contribution in [0.25, 0.3) is 0 Å². The first-order valence-electron chi connectivity index (χ1n) is 8.43. The van der Waals surface area contributed by atoms with Crippen molar-refractivity contribution in [3.8, 4) is 0 Å². The van der Waals surface area contributed by atoms with Gasteiger partial charge >= 0.3 is 0 Å². The summed E-state index contributed by atoms with van der Waals surface area (Å²) < 4.78 is 0. The van der Waals surface area contributed by atoms with Gasteiger partial charge in [-0.3, -0.25) is 4.79 Å². The first-order chi connectivity index (χ1) is 10.3. The maximum atomic E-state index is 12.6. The molecule has 0 saturated heterocycles. The van der Waals surface area contributed by atoms with Gasteiger partial charge in [-0.25, -0.2) is 0 Å². The number of aryl methyl sites for hydroxylation is 1. The van der Waals surface area contributed by atoms with Crippen molar-refractivity contribution < 1.29 is 4.79 Å². The van der Waals surface area contributed by atoms with Crippen molar-refractivity contribution in [3.63, 3.8) is 0 Å². The Bertz CT molecular complexity index is 512. The maximum Gasteiger partial charge on any atom is 0.229 e. The van der Waals surface area contributed by atoms with Gasteiger partial charge in [-0.2, -0.15) is 0 Å². The van der Waals surface area contributed by atoms with Gasteiger partial charge in [-0.1, -0.05) is 31.4 Å². The van der Waals surface area contributed by atoms with Crippen LogP contribution in [0, 0.1) is 5.92 Å². The molecular formula is C18H26N2O. The smallest absolute Gasteiger partial charge is 0.229 e. The summed E-state index contributed by atoms with van der Waals surface area (Å²) in [5.74, 6) is 0.107. The van der Waals surface area contributed by atoms with Gasteiger partial charge in [0.25, 0.3) is 0 Å². The van der Waals surface area contributed by atoms with E-state index >= 15 is 0 Å². The molecular weight excluding hydrogens is 260 g/mol. The van der Waals surface area contributed by atoms with Gasteiger partial charge in [-0.15, -0.1) is 0 Å². The third kappa shape index (κ3) is 3.29. The molecule has 3 nitrogen and oxygen atoms in total. The molecule has 1 aromatic carbocycles. The molecule has 3 N–H and O–H groups in total. The Hall–Kier alpha value is -1.35. The maximum absolute atomic E-state index is 12.6. The summed E-state index contributed by atoms with van der Waals surface area (Å²) in [5, 5.41) is 3.18. The second-order valence-corrected chi connectivity index (χ2v) is 6.55. The van der Waals surface area contributed by atoms with Crippen LogP contribution >= 0.6 is 0 Å². The first-order valence-corrected chi connectivity index (χ1v) is 8.43.